The Labute approximate surface area is 62.2 Å². The van der Waals surface area contributed by atoms with E-state index in [2.05, 4.69) is 6.92 Å². The van der Waals surface area contributed by atoms with E-state index in [0.29, 0.717) is 12.0 Å². The van der Waals surface area contributed by atoms with Crippen molar-refractivity contribution in [3.05, 3.63) is 0 Å². The summed E-state index contributed by atoms with van der Waals surface area (Å²) in [5.74, 6) is 0.619. The maximum absolute atomic E-state index is 9.30. The summed E-state index contributed by atoms with van der Waals surface area (Å²) < 4.78 is 5.17. The van der Waals surface area contributed by atoms with Crippen molar-refractivity contribution in [2.24, 2.45) is 5.92 Å². The van der Waals surface area contributed by atoms with Gasteiger partial charge in [0.25, 0.3) is 0 Å². The van der Waals surface area contributed by atoms with Gasteiger partial charge in [0.1, 0.15) is 0 Å². The van der Waals surface area contributed by atoms with Gasteiger partial charge in [-0.3, -0.25) is 0 Å². The molecular formula is C8H16O2. The summed E-state index contributed by atoms with van der Waals surface area (Å²) in [7, 11) is 1.72. The van der Waals surface area contributed by atoms with E-state index in [-0.39, 0.29) is 6.10 Å². The molecule has 1 N–H and O–H groups in total. The van der Waals surface area contributed by atoms with Crippen LogP contribution >= 0.6 is 0 Å². The zero-order valence-electron chi connectivity index (χ0n) is 6.71. The van der Waals surface area contributed by atoms with Gasteiger partial charge < -0.3 is 9.84 Å². The van der Waals surface area contributed by atoms with Crippen molar-refractivity contribution in [1.29, 1.82) is 0 Å². The Kier molecular flexibility index (Phi) is 2.69. The maximum atomic E-state index is 9.30. The van der Waals surface area contributed by atoms with E-state index in [1.165, 1.54) is 0 Å². The fourth-order valence-corrected chi connectivity index (χ4v) is 1.70. The summed E-state index contributed by atoms with van der Waals surface area (Å²) >= 11 is 0. The molecule has 2 nitrogen and oxygen atoms in total. The highest BCUT2D eigenvalue weighted by atomic mass is 16.5. The van der Waals surface area contributed by atoms with Crippen molar-refractivity contribution < 1.29 is 9.84 Å². The van der Waals surface area contributed by atoms with E-state index in [1.54, 1.807) is 7.11 Å². The third-order valence-electron chi connectivity index (χ3n) is 2.21. The largest absolute Gasteiger partial charge is 0.393 e. The van der Waals surface area contributed by atoms with E-state index < -0.39 is 0 Å². The van der Waals surface area contributed by atoms with Crippen LogP contribution in [-0.2, 0) is 4.74 Å². The molecule has 0 aromatic heterocycles. The monoisotopic (exact) mass is 144 g/mol. The first kappa shape index (κ1) is 8.02. The van der Waals surface area contributed by atoms with Crippen molar-refractivity contribution in [2.75, 3.05) is 7.11 Å². The molecule has 0 unspecified atom stereocenters. The van der Waals surface area contributed by atoms with Gasteiger partial charge in [-0.25, -0.2) is 0 Å². The van der Waals surface area contributed by atoms with Crippen molar-refractivity contribution in [2.45, 2.75) is 38.4 Å². The average molecular weight is 144 g/mol. The highest BCUT2D eigenvalue weighted by Crippen LogP contribution is 2.25. The number of rotatable bonds is 1. The first-order valence-corrected chi connectivity index (χ1v) is 3.93. The summed E-state index contributed by atoms with van der Waals surface area (Å²) in [6, 6.07) is 0. The molecule has 2 heteroatoms. The summed E-state index contributed by atoms with van der Waals surface area (Å²) in [6.45, 7) is 2.16. The molecule has 0 heterocycles. The fraction of sp³-hybridized carbons (Fsp3) is 1.00. The zero-order valence-corrected chi connectivity index (χ0v) is 6.71. The summed E-state index contributed by atoms with van der Waals surface area (Å²) in [5.41, 5.74) is 0. The molecule has 0 saturated heterocycles. The third-order valence-corrected chi connectivity index (χ3v) is 2.21. The van der Waals surface area contributed by atoms with Crippen LogP contribution in [0, 0.1) is 5.92 Å². The molecule has 1 aliphatic carbocycles. The molecule has 0 aromatic carbocycles. The van der Waals surface area contributed by atoms with Crippen LogP contribution in [-0.4, -0.2) is 24.4 Å². The Bertz CT molecular complexity index is 93.4. The molecule has 1 saturated carbocycles. The van der Waals surface area contributed by atoms with E-state index in [1.807, 2.05) is 0 Å². The highest BCUT2D eigenvalue weighted by Gasteiger charge is 2.24. The van der Waals surface area contributed by atoms with Crippen molar-refractivity contribution in [3.8, 4) is 0 Å². The molecule has 0 bridgehead atoms. The van der Waals surface area contributed by atoms with Gasteiger partial charge in [0.05, 0.1) is 12.2 Å². The molecule has 0 aromatic rings. The van der Waals surface area contributed by atoms with Crippen molar-refractivity contribution >= 4 is 0 Å². The van der Waals surface area contributed by atoms with Crippen LogP contribution < -0.4 is 0 Å². The Morgan fingerprint density at radius 1 is 1.30 bits per heavy atom. The number of hydrogen-bond donors (Lipinski definition) is 1. The quantitative estimate of drug-likeness (QED) is 0.599. The molecule has 1 rings (SSSR count). The summed E-state index contributed by atoms with van der Waals surface area (Å²) in [5, 5.41) is 9.30. The van der Waals surface area contributed by atoms with Crippen LogP contribution in [0.1, 0.15) is 26.2 Å². The second kappa shape index (κ2) is 3.35. The lowest BCUT2D eigenvalue weighted by Crippen LogP contribution is -2.29. The van der Waals surface area contributed by atoms with E-state index in [9.17, 15) is 5.11 Å². The maximum Gasteiger partial charge on any atom is 0.0598 e. The van der Waals surface area contributed by atoms with Gasteiger partial charge in [0.15, 0.2) is 0 Å². The molecule has 0 spiro atoms. The molecule has 1 aliphatic rings. The number of aliphatic hydroxyl groups is 1. The Balaban J connectivity index is 2.35. The number of methoxy groups -OCH3 is 1. The first-order valence-electron chi connectivity index (χ1n) is 3.93. The van der Waals surface area contributed by atoms with Gasteiger partial charge in [-0.1, -0.05) is 6.92 Å². The second-order valence-electron chi connectivity index (χ2n) is 3.32. The molecule has 0 radical (unpaired) electrons. The topological polar surface area (TPSA) is 29.5 Å². The van der Waals surface area contributed by atoms with Gasteiger partial charge in [0.2, 0.25) is 0 Å². The van der Waals surface area contributed by atoms with Crippen LogP contribution in [0.5, 0.6) is 0 Å². The predicted molar refractivity (Wildman–Crippen MR) is 39.8 cm³/mol. The smallest absolute Gasteiger partial charge is 0.0598 e. The molecule has 10 heavy (non-hydrogen) atoms. The van der Waals surface area contributed by atoms with Crippen LogP contribution in [0.15, 0.2) is 0 Å². The average Bonchev–Trinajstić information content (AvgIpc) is 1.85. The molecule has 1 fully saturated rings. The van der Waals surface area contributed by atoms with E-state index >= 15 is 0 Å². The van der Waals surface area contributed by atoms with Gasteiger partial charge in [-0.2, -0.15) is 0 Å². The van der Waals surface area contributed by atoms with Crippen molar-refractivity contribution in [1.82, 2.24) is 0 Å². The SMILES string of the molecule is CO[C@@H]1C[C@@H](C)C[C@@H](O)C1. The lowest BCUT2D eigenvalue weighted by Gasteiger charge is -2.29. The predicted octanol–water partition coefficient (Wildman–Crippen LogP) is 1.18. The fourth-order valence-electron chi connectivity index (χ4n) is 1.70. The molecular weight excluding hydrogens is 128 g/mol. The van der Waals surface area contributed by atoms with Crippen LogP contribution in [0.25, 0.3) is 0 Å². The minimum Gasteiger partial charge on any atom is -0.393 e. The minimum absolute atomic E-state index is 0.131. The van der Waals surface area contributed by atoms with Crippen LogP contribution in [0.3, 0.4) is 0 Å². The minimum atomic E-state index is -0.131. The van der Waals surface area contributed by atoms with E-state index in [0.717, 1.165) is 19.3 Å². The molecule has 0 amide bonds. The van der Waals surface area contributed by atoms with Crippen molar-refractivity contribution in [3.63, 3.8) is 0 Å². The number of ether oxygens (including phenoxy) is 1. The van der Waals surface area contributed by atoms with Gasteiger partial charge in [-0.05, 0) is 25.2 Å². The summed E-state index contributed by atoms with van der Waals surface area (Å²) in [4.78, 5) is 0. The second-order valence-corrected chi connectivity index (χ2v) is 3.32. The van der Waals surface area contributed by atoms with E-state index in [4.69, 9.17) is 4.74 Å². The molecule has 3 atom stereocenters. The normalized spacial score (nSPS) is 41.7. The Morgan fingerprint density at radius 3 is 2.50 bits per heavy atom. The Hall–Kier alpha value is -0.0800. The molecule has 0 aliphatic heterocycles. The van der Waals surface area contributed by atoms with Gasteiger partial charge in [0, 0.05) is 7.11 Å². The lowest BCUT2D eigenvalue weighted by atomic mass is 9.87. The highest BCUT2D eigenvalue weighted by molar-refractivity contribution is 4.76. The van der Waals surface area contributed by atoms with Gasteiger partial charge in [-0.15, -0.1) is 0 Å². The molecule has 60 valence electrons. The van der Waals surface area contributed by atoms with Gasteiger partial charge >= 0.3 is 0 Å². The lowest BCUT2D eigenvalue weighted by molar-refractivity contribution is -0.00723. The number of aliphatic hydroxyl groups excluding tert-OH is 1. The zero-order chi connectivity index (χ0) is 7.56. The summed E-state index contributed by atoms with van der Waals surface area (Å²) in [6.07, 6.45) is 3.03. The standard InChI is InChI=1S/C8H16O2/c1-6-3-7(9)5-8(4-6)10-2/h6-9H,3-5H2,1-2H3/t6-,7+,8+/m0/s1. The first-order chi connectivity index (χ1) is 4.72. The Morgan fingerprint density at radius 2 is 2.00 bits per heavy atom. The van der Waals surface area contributed by atoms with Crippen LogP contribution in [0.4, 0.5) is 0 Å². The third kappa shape index (κ3) is 1.96. The number of hydrogen-bond acceptors (Lipinski definition) is 2. The van der Waals surface area contributed by atoms with Crippen LogP contribution in [0.2, 0.25) is 0 Å².